The van der Waals surface area contributed by atoms with Gasteiger partial charge >= 0.3 is 0 Å². The lowest BCUT2D eigenvalue weighted by atomic mass is 10.1. The lowest BCUT2D eigenvalue weighted by Crippen LogP contribution is -1.77. The molecule has 1 N–H and O–H groups in total. The van der Waals surface area contributed by atoms with Gasteiger partial charge in [0.15, 0.2) is 0 Å². The third-order valence-electron chi connectivity index (χ3n) is 1.96. The maximum Gasteiger partial charge on any atom is 0.128 e. The molecule has 2 rings (SSSR count). The normalized spacial score (nSPS) is 10.8. The van der Waals surface area contributed by atoms with Crippen molar-refractivity contribution in [1.29, 1.82) is 0 Å². The molecule has 0 saturated carbocycles. The van der Waals surface area contributed by atoms with Crippen molar-refractivity contribution >= 4 is 34.1 Å². The first-order valence-electron chi connectivity index (χ1n) is 3.59. The summed E-state index contributed by atoms with van der Waals surface area (Å²) in [4.78, 5) is 0.849. The van der Waals surface area contributed by atoms with Crippen molar-refractivity contribution in [3.63, 3.8) is 0 Å². The van der Waals surface area contributed by atoms with E-state index in [-0.39, 0.29) is 0 Å². The summed E-state index contributed by atoms with van der Waals surface area (Å²) in [5.41, 5.74) is 0.851. The van der Waals surface area contributed by atoms with E-state index in [1.165, 1.54) is 0 Å². The molecule has 0 saturated heterocycles. The summed E-state index contributed by atoms with van der Waals surface area (Å²) in [6, 6.07) is 3.91. The van der Waals surface area contributed by atoms with E-state index in [1.807, 2.05) is 24.4 Å². The van der Waals surface area contributed by atoms with Crippen LogP contribution in [-0.4, -0.2) is 5.11 Å². The van der Waals surface area contributed by atoms with E-state index in [2.05, 4.69) is 12.6 Å². The Labute approximate surface area is 80.1 Å². The molecule has 0 bridgehead atoms. The summed E-state index contributed by atoms with van der Waals surface area (Å²) in [6.07, 6.45) is 0. The molecule has 0 unspecified atom stereocenters. The molecular formula is C9H8OS2. The van der Waals surface area contributed by atoms with E-state index in [4.69, 9.17) is 0 Å². The molecule has 1 aromatic carbocycles. The van der Waals surface area contributed by atoms with Gasteiger partial charge in [-0.25, -0.2) is 0 Å². The predicted molar refractivity (Wildman–Crippen MR) is 55.5 cm³/mol. The smallest absolute Gasteiger partial charge is 0.128 e. The highest BCUT2D eigenvalue weighted by Gasteiger charge is 2.06. The SMILES string of the molecule is Cc1c(S)cc2sccc2c1O. The second-order valence-corrected chi connectivity index (χ2v) is 4.13. The molecule has 0 atom stereocenters. The molecule has 0 radical (unpaired) electrons. The van der Waals surface area contributed by atoms with Gasteiger partial charge in [-0.15, -0.1) is 24.0 Å². The van der Waals surface area contributed by atoms with Gasteiger partial charge in [0.1, 0.15) is 5.75 Å². The van der Waals surface area contributed by atoms with E-state index in [0.29, 0.717) is 5.75 Å². The molecule has 0 amide bonds. The maximum atomic E-state index is 9.69. The minimum atomic E-state index is 0.360. The van der Waals surface area contributed by atoms with Crippen molar-refractivity contribution in [3.8, 4) is 5.75 Å². The number of phenolic OH excluding ortho intramolecular Hbond substituents is 1. The minimum absolute atomic E-state index is 0.360. The summed E-state index contributed by atoms with van der Waals surface area (Å²) in [5, 5.41) is 12.6. The fourth-order valence-corrected chi connectivity index (χ4v) is 2.33. The van der Waals surface area contributed by atoms with E-state index in [0.717, 1.165) is 20.5 Å². The second-order valence-electron chi connectivity index (χ2n) is 2.70. The number of benzene rings is 1. The zero-order chi connectivity index (χ0) is 8.72. The van der Waals surface area contributed by atoms with Crippen molar-refractivity contribution in [2.45, 2.75) is 11.8 Å². The van der Waals surface area contributed by atoms with Crippen LogP contribution in [0, 0.1) is 6.92 Å². The topological polar surface area (TPSA) is 20.2 Å². The number of thiol groups is 1. The van der Waals surface area contributed by atoms with Crippen LogP contribution in [0.3, 0.4) is 0 Å². The maximum absolute atomic E-state index is 9.69. The van der Waals surface area contributed by atoms with Crippen molar-refractivity contribution in [2.75, 3.05) is 0 Å². The zero-order valence-corrected chi connectivity index (χ0v) is 8.25. The Morgan fingerprint density at radius 1 is 1.50 bits per heavy atom. The molecule has 62 valence electrons. The van der Waals surface area contributed by atoms with Crippen LogP contribution in [0.5, 0.6) is 5.75 Å². The van der Waals surface area contributed by atoms with Gasteiger partial charge in [-0.3, -0.25) is 0 Å². The van der Waals surface area contributed by atoms with Crippen LogP contribution in [0.15, 0.2) is 22.4 Å². The molecule has 0 aliphatic rings. The van der Waals surface area contributed by atoms with Crippen molar-refractivity contribution in [2.24, 2.45) is 0 Å². The Bertz CT molecular complexity index is 431. The number of aromatic hydroxyl groups is 1. The molecule has 0 aliphatic carbocycles. The average molecular weight is 196 g/mol. The number of thiophene rings is 1. The van der Waals surface area contributed by atoms with Crippen LogP contribution in [0.4, 0.5) is 0 Å². The molecule has 1 aromatic heterocycles. The third kappa shape index (κ3) is 1.01. The number of rotatable bonds is 0. The summed E-state index contributed by atoms with van der Waals surface area (Å²) < 4.78 is 1.09. The monoisotopic (exact) mass is 196 g/mol. The fourth-order valence-electron chi connectivity index (χ4n) is 1.18. The lowest BCUT2D eigenvalue weighted by Gasteiger charge is -2.02. The quantitative estimate of drug-likeness (QED) is 0.620. The highest BCUT2D eigenvalue weighted by Crippen LogP contribution is 2.35. The van der Waals surface area contributed by atoms with Gasteiger partial charge in [-0.05, 0) is 24.4 Å². The Balaban J connectivity index is 2.94. The fraction of sp³-hybridized carbons (Fsp3) is 0.111. The number of phenols is 1. The van der Waals surface area contributed by atoms with Gasteiger partial charge in [-0.2, -0.15) is 0 Å². The Hall–Kier alpha value is -0.670. The van der Waals surface area contributed by atoms with Crippen molar-refractivity contribution in [1.82, 2.24) is 0 Å². The summed E-state index contributed by atoms with van der Waals surface area (Å²) >= 11 is 5.88. The van der Waals surface area contributed by atoms with Crippen molar-refractivity contribution < 1.29 is 5.11 Å². The molecule has 1 heterocycles. The largest absolute Gasteiger partial charge is 0.507 e. The first-order chi connectivity index (χ1) is 5.70. The molecule has 3 heteroatoms. The van der Waals surface area contributed by atoms with Crippen LogP contribution in [0.1, 0.15) is 5.56 Å². The van der Waals surface area contributed by atoms with Gasteiger partial charge in [-0.1, -0.05) is 0 Å². The highest BCUT2D eigenvalue weighted by molar-refractivity contribution is 7.80. The molecule has 2 aromatic rings. The van der Waals surface area contributed by atoms with Crippen LogP contribution < -0.4 is 0 Å². The summed E-state index contributed by atoms with van der Waals surface area (Å²) in [7, 11) is 0. The molecule has 0 spiro atoms. The third-order valence-corrected chi connectivity index (χ3v) is 3.29. The van der Waals surface area contributed by atoms with Gasteiger partial charge < -0.3 is 5.11 Å². The van der Waals surface area contributed by atoms with Gasteiger partial charge in [0.25, 0.3) is 0 Å². The van der Waals surface area contributed by atoms with Crippen LogP contribution in [0.25, 0.3) is 10.1 Å². The van der Waals surface area contributed by atoms with Crippen LogP contribution >= 0.6 is 24.0 Å². The first-order valence-corrected chi connectivity index (χ1v) is 4.91. The Morgan fingerprint density at radius 2 is 2.25 bits per heavy atom. The lowest BCUT2D eigenvalue weighted by molar-refractivity contribution is 0.476. The number of hydrogen-bond acceptors (Lipinski definition) is 3. The summed E-state index contributed by atoms with van der Waals surface area (Å²) in [5.74, 6) is 0.360. The van der Waals surface area contributed by atoms with E-state index < -0.39 is 0 Å². The molecule has 0 fully saturated rings. The standard InChI is InChI=1S/C9H8OS2/c1-5-7(11)4-8-6(9(5)10)2-3-12-8/h2-4,10-11H,1H3. The second kappa shape index (κ2) is 2.68. The molecule has 1 nitrogen and oxygen atoms in total. The Kier molecular flexibility index (Phi) is 1.77. The Morgan fingerprint density at radius 3 is 3.00 bits per heavy atom. The van der Waals surface area contributed by atoms with Gasteiger partial charge in [0, 0.05) is 20.5 Å². The van der Waals surface area contributed by atoms with E-state index in [1.54, 1.807) is 11.3 Å². The van der Waals surface area contributed by atoms with E-state index >= 15 is 0 Å². The van der Waals surface area contributed by atoms with Gasteiger partial charge in [0.2, 0.25) is 0 Å². The van der Waals surface area contributed by atoms with E-state index in [9.17, 15) is 5.11 Å². The van der Waals surface area contributed by atoms with Crippen molar-refractivity contribution in [3.05, 3.63) is 23.1 Å². The number of hydrogen-bond donors (Lipinski definition) is 2. The molecule has 12 heavy (non-hydrogen) atoms. The van der Waals surface area contributed by atoms with Crippen LogP contribution in [-0.2, 0) is 0 Å². The van der Waals surface area contributed by atoms with Crippen LogP contribution in [0.2, 0.25) is 0 Å². The highest BCUT2D eigenvalue weighted by atomic mass is 32.1. The zero-order valence-electron chi connectivity index (χ0n) is 6.53. The average Bonchev–Trinajstić information content (AvgIpc) is 2.48. The molecular weight excluding hydrogens is 188 g/mol. The first kappa shape index (κ1) is 7.95. The summed E-state index contributed by atoms with van der Waals surface area (Å²) in [6.45, 7) is 1.87. The minimum Gasteiger partial charge on any atom is -0.507 e. The predicted octanol–water partition coefficient (Wildman–Crippen LogP) is 3.20. The molecule has 0 aliphatic heterocycles. The van der Waals surface area contributed by atoms with Gasteiger partial charge in [0.05, 0.1) is 0 Å². The number of fused-ring (bicyclic) bond motifs is 1.